The van der Waals surface area contributed by atoms with Crippen molar-refractivity contribution in [3.05, 3.63) is 66.1 Å². The van der Waals surface area contributed by atoms with Crippen LogP contribution in [0.25, 0.3) is 33.8 Å². The van der Waals surface area contributed by atoms with E-state index in [0.29, 0.717) is 66.7 Å². The van der Waals surface area contributed by atoms with Crippen LogP contribution in [-0.2, 0) is 17.8 Å². The van der Waals surface area contributed by atoms with Crippen LogP contribution in [0.15, 0.2) is 59.4 Å². The maximum atomic E-state index is 14.1. The van der Waals surface area contributed by atoms with Gasteiger partial charge in [0, 0.05) is 12.1 Å². The summed E-state index contributed by atoms with van der Waals surface area (Å²) in [5, 5.41) is 10.9. The van der Waals surface area contributed by atoms with Crippen LogP contribution in [0.1, 0.15) is 25.3 Å². The highest BCUT2D eigenvalue weighted by Crippen LogP contribution is 2.36. The number of anilines is 1. The number of carbonyl (C=O) groups is 1. The van der Waals surface area contributed by atoms with E-state index in [0.717, 1.165) is 36.1 Å². The van der Waals surface area contributed by atoms with Crippen molar-refractivity contribution >= 4 is 22.8 Å². The summed E-state index contributed by atoms with van der Waals surface area (Å²) in [6, 6.07) is 13.1. The summed E-state index contributed by atoms with van der Waals surface area (Å²) in [6.45, 7) is 4.08. The zero-order chi connectivity index (χ0) is 32.0. The fourth-order valence-electron chi connectivity index (χ4n) is 4.70. The molecule has 0 fully saturated rings. The topological polar surface area (TPSA) is 143 Å². The van der Waals surface area contributed by atoms with Gasteiger partial charge in [0.1, 0.15) is 11.0 Å². The van der Waals surface area contributed by atoms with Gasteiger partial charge in [0.2, 0.25) is 0 Å². The molecule has 3 N–H and O–H groups in total. The third-order valence-corrected chi connectivity index (χ3v) is 6.85. The lowest BCUT2D eigenvalue weighted by Gasteiger charge is -2.12. The number of benzene rings is 2. The first-order valence-corrected chi connectivity index (χ1v) is 14.1. The quantitative estimate of drug-likeness (QED) is 0.0759. The number of nitrogen functional groups attached to an aromatic ring is 1. The average molecular weight is 628 g/mol. The van der Waals surface area contributed by atoms with E-state index in [-0.39, 0.29) is 5.82 Å². The first kappa shape index (κ1) is 31.4. The Balaban J connectivity index is 1.17. The summed E-state index contributed by atoms with van der Waals surface area (Å²) in [5.41, 5.74) is 9.80. The number of esters is 1. The third kappa shape index (κ3) is 7.20. The van der Waals surface area contributed by atoms with Gasteiger partial charge in [-0.25, -0.2) is 23.8 Å². The lowest BCUT2D eigenvalue weighted by atomic mass is 10.1. The number of unbranched alkanes of at least 4 members (excludes halogenated alkanes) is 1. The van der Waals surface area contributed by atoms with Crippen LogP contribution in [-0.4, -0.2) is 56.7 Å². The van der Waals surface area contributed by atoms with Crippen LogP contribution < -0.4 is 20.5 Å². The van der Waals surface area contributed by atoms with Crippen molar-refractivity contribution in [1.82, 2.24) is 30.2 Å². The predicted octanol–water partition coefficient (Wildman–Crippen LogP) is 5.35. The standard InChI is InChI=1S/C30H29F4N7O4/c1-2-41-26-22(17-37-23(19-8-4-3-5-9-19)24(26)38-28(41)25-27(35)40-45-39-25)43-15-7-6-13-36-14-12-18-10-11-21(20(31)16-18)44-29(42)30(32,33)34/h3-5,8-11,16-17,36H,2,6-7,12-15H2,1H3,(H2,35,40). The minimum atomic E-state index is -5.21. The van der Waals surface area contributed by atoms with Crippen molar-refractivity contribution in [3.63, 3.8) is 0 Å². The SMILES string of the molecule is CCn1c(-c2nonc2N)nc2c(-c3ccccc3)ncc(OCCCCNCCc3ccc(OC(=O)C(F)(F)F)c(F)c3)c21. The van der Waals surface area contributed by atoms with Crippen molar-refractivity contribution in [2.24, 2.45) is 0 Å². The van der Waals surface area contributed by atoms with E-state index in [4.69, 9.17) is 20.1 Å². The van der Waals surface area contributed by atoms with Crippen molar-refractivity contribution in [2.75, 3.05) is 25.4 Å². The third-order valence-electron chi connectivity index (χ3n) is 6.85. The molecule has 15 heteroatoms. The fraction of sp³-hybridized carbons (Fsp3) is 0.300. The second-order valence-electron chi connectivity index (χ2n) is 9.92. The highest BCUT2D eigenvalue weighted by atomic mass is 19.4. The van der Waals surface area contributed by atoms with Crippen molar-refractivity contribution in [3.8, 4) is 34.3 Å². The summed E-state index contributed by atoms with van der Waals surface area (Å²) in [5.74, 6) is -3.12. The Morgan fingerprint density at radius 1 is 1.04 bits per heavy atom. The van der Waals surface area contributed by atoms with E-state index >= 15 is 0 Å². The minimum absolute atomic E-state index is 0.123. The maximum Gasteiger partial charge on any atom is 0.491 e. The fourth-order valence-corrected chi connectivity index (χ4v) is 4.70. The van der Waals surface area contributed by atoms with E-state index < -0.39 is 23.7 Å². The molecule has 0 unspecified atom stereocenters. The molecule has 11 nitrogen and oxygen atoms in total. The predicted molar refractivity (Wildman–Crippen MR) is 156 cm³/mol. The molecule has 236 valence electrons. The van der Waals surface area contributed by atoms with E-state index in [1.54, 1.807) is 6.20 Å². The largest absolute Gasteiger partial charge is 0.491 e. The summed E-state index contributed by atoms with van der Waals surface area (Å²) < 4.78 is 68.1. The normalized spacial score (nSPS) is 11.7. The molecule has 0 aliphatic rings. The van der Waals surface area contributed by atoms with Gasteiger partial charge in [-0.2, -0.15) is 13.2 Å². The molecule has 0 aliphatic carbocycles. The number of hydrogen-bond donors (Lipinski definition) is 2. The Labute approximate surface area is 254 Å². The summed E-state index contributed by atoms with van der Waals surface area (Å²) in [4.78, 5) is 20.4. The summed E-state index contributed by atoms with van der Waals surface area (Å²) in [7, 11) is 0. The van der Waals surface area contributed by atoms with Crippen LogP contribution in [0.3, 0.4) is 0 Å². The van der Waals surface area contributed by atoms with Gasteiger partial charge >= 0.3 is 12.1 Å². The van der Waals surface area contributed by atoms with E-state index in [1.807, 2.05) is 41.8 Å². The lowest BCUT2D eigenvalue weighted by Crippen LogP contribution is -2.28. The molecule has 0 spiro atoms. The number of pyridine rings is 1. The van der Waals surface area contributed by atoms with E-state index in [2.05, 4.69) is 25.4 Å². The molecular weight excluding hydrogens is 598 g/mol. The van der Waals surface area contributed by atoms with Crippen LogP contribution in [0.2, 0.25) is 0 Å². The number of nitrogens with one attached hydrogen (secondary N) is 1. The lowest BCUT2D eigenvalue weighted by molar-refractivity contribution is -0.189. The average Bonchev–Trinajstić information content (AvgIpc) is 3.62. The molecule has 5 aromatic rings. The first-order valence-electron chi connectivity index (χ1n) is 14.1. The molecule has 0 aliphatic heterocycles. The molecule has 0 saturated carbocycles. The van der Waals surface area contributed by atoms with Gasteiger partial charge in [-0.1, -0.05) is 36.4 Å². The highest BCUT2D eigenvalue weighted by molar-refractivity contribution is 5.95. The Morgan fingerprint density at radius 3 is 2.53 bits per heavy atom. The number of carbonyl (C=O) groups excluding carboxylic acids is 1. The number of halogens is 4. The molecule has 0 atom stereocenters. The molecule has 0 amide bonds. The van der Waals surface area contributed by atoms with E-state index in [1.165, 1.54) is 6.07 Å². The minimum Gasteiger partial charge on any atom is -0.490 e. The van der Waals surface area contributed by atoms with Gasteiger partial charge in [0.15, 0.2) is 34.7 Å². The van der Waals surface area contributed by atoms with Crippen molar-refractivity contribution in [2.45, 2.75) is 38.9 Å². The van der Waals surface area contributed by atoms with Crippen molar-refractivity contribution in [1.29, 1.82) is 0 Å². The number of nitrogens with two attached hydrogens (primary N) is 1. The Bertz CT molecular complexity index is 1770. The number of aromatic nitrogens is 5. The number of aryl methyl sites for hydroxylation is 1. The monoisotopic (exact) mass is 627 g/mol. The van der Waals surface area contributed by atoms with Crippen LogP contribution in [0.5, 0.6) is 11.5 Å². The van der Waals surface area contributed by atoms with Gasteiger partial charge in [-0.05, 0) is 67.3 Å². The highest BCUT2D eigenvalue weighted by Gasteiger charge is 2.41. The molecular formula is C30H29F4N7O4. The van der Waals surface area contributed by atoms with Crippen LogP contribution in [0.4, 0.5) is 23.4 Å². The van der Waals surface area contributed by atoms with Gasteiger partial charge in [-0.3, -0.25) is 0 Å². The molecule has 5 rings (SSSR count). The smallest absolute Gasteiger partial charge is 0.490 e. The first-order chi connectivity index (χ1) is 21.7. The van der Waals surface area contributed by atoms with Gasteiger partial charge in [0.05, 0.1) is 18.5 Å². The van der Waals surface area contributed by atoms with Gasteiger partial charge in [0.25, 0.3) is 0 Å². The second-order valence-corrected chi connectivity index (χ2v) is 9.92. The Kier molecular flexibility index (Phi) is 9.56. The van der Waals surface area contributed by atoms with Crippen molar-refractivity contribution < 1.29 is 36.5 Å². The Morgan fingerprint density at radius 2 is 1.84 bits per heavy atom. The summed E-state index contributed by atoms with van der Waals surface area (Å²) >= 11 is 0. The zero-order valence-corrected chi connectivity index (χ0v) is 24.1. The van der Waals surface area contributed by atoms with Crippen LogP contribution >= 0.6 is 0 Å². The molecule has 0 radical (unpaired) electrons. The molecule has 2 aromatic carbocycles. The molecule has 3 aromatic heterocycles. The second kappa shape index (κ2) is 13.7. The Hall–Kier alpha value is -5.05. The number of alkyl halides is 3. The number of rotatable bonds is 13. The molecule has 0 bridgehead atoms. The maximum absolute atomic E-state index is 14.1. The summed E-state index contributed by atoms with van der Waals surface area (Å²) in [6.07, 6.45) is -1.61. The number of imidazole rings is 1. The number of ether oxygens (including phenoxy) is 2. The number of fused-ring (bicyclic) bond motifs is 1. The van der Waals surface area contributed by atoms with Crippen LogP contribution in [0, 0.1) is 5.82 Å². The number of nitrogens with zero attached hydrogens (tertiary/aromatic N) is 5. The number of hydrogen-bond acceptors (Lipinski definition) is 10. The van der Waals surface area contributed by atoms with Gasteiger partial charge < -0.3 is 25.1 Å². The molecule has 0 saturated heterocycles. The van der Waals surface area contributed by atoms with Gasteiger partial charge in [-0.15, -0.1) is 0 Å². The zero-order valence-electron chi connectivity index (χ0n) is 24.1. The van der Waals surface area contributed by atoms with E-state index in [9.17, 15) is 22.4 Å². The molecule has 3 heterocycles. The molecule has 45 heavy (non-hydrogen) atoms.